The van der Waals surface area contributed by atoms with Crippen molar-refractivity contribution >= 4 is 22.8 Å². The number of aromatic nitrogens is 1. The van der Waals surface area contributed by atoms with E-state index in [1.165, 1.54) is 0 Å². The van der Waals surface area contributed by atoms with Gasteiger partial charge in [0.2, 0.25) is 0 Å². The van der Waals surface area contributed by atoms with Crippen molar-refractivity contribution in [1.82, 2.24) is 4.98 Å². The summed E-state index contributed by atoms with van der Waals surface area (Å²) in [4.78, 5) is 18.0. The average molecular weight is 379 g/mol. The number of ether oxygens (including phenoxy) is 1. The molecule has 0 aliphatic rings. The molecule has 0 N–H and O–H groups in total. The van der Waals surface area contributed by atoms with Crippen molar-refractivity contribution in [3.8, 4) is 16.9 Å². The number of carbonyl (C=O) groups excluding carboxylic acids is 1. The normalized spacial score (nSPS) is 11.1. The second kappa shape index (κ2) is 8.11. The van der Waals surface area contributed by atoms with Crippen molar-refractivity contribution in [2.75, 3.05) is 7.11 Å². The molecule has 29 heavy (non-hydrogen) atoms. The van der Waals surface area contributed by atoms with E-state index in [0.29, 0.717) is 5.56 Å². The molecule has 0 spiro atoms. The molecular weight excluding hydrogens is 358 g/mol. The Hall–Kier alpha value is -3.72. The van der Waals surface area contributed by atoms with Crippen LogP contribution in [0.2, 0.25) is 0 Å². The molecule has 0 saturated carbocycles. The minimum absolute atomic E-state index is 0.0782. The molecule has 3 heteroatoms. The van der Waals surface area contributed by atoms with Gasteiger partial charge in [0.25, 0.3) is 0 Å². The number of methoxy groups -OCH3 is 1. The maximum atomic E-state index is 13.3. The Morgan fingerprint density at radius 2 is 1.59 bits per heavy atom. The Morgan fingerprint density at radius 1 is 0.897 bits per heavy atom. The van der Waals surface area contributed by atoms with Crippen LogP contribution in [0.15, 0.2) is 84.9 Å². The van der Waals surface area contributed by atoms with Crippen molar-refractivity contribution in [1.29, 1.82) is 0 Å². The smallest absolute Gasteiger partial charge is 0.188 e. The molecule has 3 aromatic carbocycles. The molecule has 0 atom stereocenters. The highest BCUT2D eigenvalue weighted by Gasteiger charge is 2.18. The van der Waals surface area contributed by atoms with Crippen LogP contribution in [0, 0.1) is 6.92 Å². The molecule has 3 nitrogen and oxygen atoms in total. The summed E-state index contributed by atoms with van der Waals surface area (Å²) in [5, 5.41) is 0.971. The summed E-state index contributed by atoms with van der Waals surface area (Å²) in [5.74, 6) is 0.652. The minimum atomic E-state index is -0.0782. The summed E-state index contributed by atoms with van der Waals surface area (Å²) < 4.78 is 5.38. The first kappa shape index (κ1) is 18.6. The number of fused-ring (bicyclic) bond motifs is 1. The first-order valence-corrected chi connectivity index (χ1v) is 9.49. The third kappa shape index (κ3) is 3.67. The van der Waals surface area contributed by atoms with Crippen LogP contribution in [-0.4, -0.2) is 17.9 Å². The van der Waals surface area contributed by atoms with Gasteiger partial charge in [-0.25, -0.2) is 0 Å². The fourth-order valence-corrected chi connectivity index (χ4v) is 3.59. The lowest BCUT2D eigenvalue weighted by atomic mass is 9.92. The summed E-state index contributed by atoms with van der Waals surface area (Å²) in [6.07, 6.45) is 3.40. The molecule has 0 radical (unpaired) electrons. The predicted molar refractivity (Wildman–Crippen MR) is 118 cm³/mol. The van der Waals surface area contributed by atoms with Crippen molar-refractivity contribution in [3.63, 3.8) is 0 Å². The number of para-hydroxylation sites is 2. The van der Waals surface area contributed by atoms with E-state index in [4.69, 9.17) is 9.72 Å². The van der Waals surface area contributed by atoms with Crippen LogP contribution in [0.25, 0.3) is 28.1 Å². The first-order chi connectivity index (χ1) is 14.2. The summed E-state index contributed by atoms with van der Waals surface area (Å²) in [7, 11) is 1.62. The number of carbonyl (C=O) groups is 1. The molecular formula is C26H21NO2. The Labute approximate surface area is 170 Å². The van der Waals surface area contributed by atoms with Gasteiger partial charge in [0.05, 0.1) is 18.2 Å². The van der Waals surface area contributed by atoms with Crippen LogP contribution >= 0.6 is 0 Å². The number of aryl methyl sites for hydroxylation is 1. The average Bonchev–Trinajstić information content (AvgIpc) is 2.77. The number of rotatable bonds is 5. The monoisotopic (exact) mass is 379 g/mol. The molecule has 0 aliphatic carbocycles. The van der Waals surface area contributed by atoms with Gasteiger partial charge in [-0.05, 0) is 36.8 Å². The summed E-state index contributed by atoms with van der Waals surface area (Å²) in [6, 6.07) is 25.6. The number of allylic oxidation sites excluding steroid dienone is 1. The molecule has 0 fully saturated rings. The predicted octanol–water partition coefficient (Wildman–Crippen LogP) is 6.11. The standard InChI is InChI=1S/C26H21NO2/c1-18-25(23(28)17-16-19-10-6-9-15-24(19)29-2)26(20-11-4-3-5-12-20)21-13-7-8-14-22(21)27-18/h3-17H,1-2H3/b17-16+. The highest BCUT2D eigenvalue weighted by molar-refractivity contribution is 6.16. The zero-order chi connectivity index (χ0) is 20.2. The van der Waals surface area contributed by atoms with E-state index < -0.39 is 0 Å². The summed E-state index contributed by atoms with van der Waals surface area (Å²) in [5.41, 5.74) is 5.01. The highest BCUT2D eigenvalue weighted by Crippen LogP contribution is 2.33. The number of hydrogen-bond acceptors (Lipinski definition) is 3. The van der Waals surface area contributed by atoms with E-state index in [9.17, 15) is 4.79 Å². The molecule has 4 rings (SSSR count). The SMILES string of the molecule is COc1ccccc1/C=C/C(=O)c1c(C)nc2ccccc2c1-c1ccccc1. The number of benzene rings is 3. The maximum absolute atomic E-state index is 13.3. The number of hydrogen-bond donors (Lipinski definition) is 0. The fourth-order valence-electron chi connectivity index (χ4n) is 3.59. The number of ketones is 1. The van der Waals surface area contributed by atoms with E-state index in [-0.39, 0.29) is 5.78 Å². The second-order valence-corrected chi connectivity index (χ2v) is 6.77. The summed E-state index contributed by atoms with van der Waals surface area (Å²) >= 11 is 0. The van der Waals surface area contributed by atoms with E-state index in [1.807, 2.05) is 85.8 Å². The topological polar surface area (TPSA) is 39.2 Å². The van der Waals surface area contributed by atoms with E-state index in [2.05, 4.69) is 0 Å². The number of pyridine rings is 1. The molecule has 0 amide bonds. The zero-order valence-corrected chi connectivity index (χ0v) is 16.4. The van der Waals surface area contributed by atoms with Crippen LogP contribution in [0.4, 0.5) is 0 Å². The summed E-state index contributed by atoms with van der Waals surface area (Å²) in [6.45, 7) is 1.89. The Morgan fingerprint density at radius 3 is 2.38 bits per heavy atom. The molecule has 0 unspecified atom stereocenters. The molecule has 0 saturated heterocycles. The molecule has 1 heterocycles. The van der Waals surface area contributed by atoms with Crippen molar-refractivity contribution in [2.45, 2.75) is 6.92 Å². The van der Waals surface area contributed by atoms with Crippen LogP contribution in [-0.2, 0) is 0 Å². The molecule has 4 aromatic rings. The highest BCUT2D eigenvalue weighted by atomic mass is 16.5. The van der Waals surface area contributed by atoms with Gasteiger partial charge in [0.15, 0.2) is 5.78 Å². The van der Waals surface area contributed by atoms with Crippen molar-refractivity contribution < 1.29 is 9.53 Å². The lowest BCUT2D eigenvalue weighted by Crippen LogP contribution is -2.05. The van der Waals surface area contributed by atoms with Gasteiger partial charge < -0.3 is 4.74 Å². The first-order valence-electron chi connectivity index (χ1n) is 9.49. The van der Waals surface area contributed by atoms with Gasteiger partial charge in [0.1, 0.15) is 5.75 Å². The van der Waals surface area contributed by atoms with Crippen LogP contribution < -0.4 is 4.74 Å². The van der Waals surface area contributed by atoms with Gasteiger partial charge in [0, 0.05) is 22.2 Å². The van der Waals surface area contributed by atoms with E-state index in [1.54, 1.807) is 19.3 Å². The fraction of sp³-hybridized carbons (Fsp3) is 0.0769. The maximum Gasteiger partial charge on any atom is 0.188 e. The molecule has 0 aliphatic heterocycles. The van der Waals surface area contributed by atoms with Gasteiger partial charge >= 0.3 is 0 Å². The minimum Gasteiger partial charge on any atom is -0.496 e. The van der Waals surface area contributed by atoms with E-state index >= 15 is 0 Å². The molecule has 1 aromatic heterocycles. The van der Waals surface area contributed by atoms with Crippen LogP contribution in [0.1, 0.15) is 21.6 Å². The van der Waals surface area contributed by atoms with Gasteiger partial charge in [-0.15, -0.1) is 0 Å². The Bertz CT molecular complexity index is 1210. The Balaban J connectivity index is 1.88. The third-order valence-electron chi connectivity index (χ3n) is 4.94. The lowest BCUT2D eigenvalue weighted by Gasteiger charge is -2.14. The molecule has 0 bridgehead atoms. The van der Waals surface area contributed by atoms with Crippen molar-refractivity contribution in [3.05, 3.63) is 102 Å². The van der Waals surface area contributed by atoms with Gasteiger partial charge in [-0.1, -0.05) is 66.7 Å². The third-order valence-corrected chi connectivity index (χ3v) is 4.94. The molecule has 142 valence electrons. The van der Waals surface area contributed by atoms with Gasteiger partial charge in [-0.3, -0.25) is 9.78 Å². The van der Waals surface area contributed by atoms with Crippen molar-refractivity contribution in [2.24, 2.45) is 0 Å². The lowest BCUT2D eigenvalue weighted by molar-refractivity contribution is 0.104. The Kier molecular flexibility index (Phi) is 5.21. The van der Waals surface area contributed by atoms with Crippen LogP contribution in [0.5, 0.6) is 5.75 Å². The second-order valence-electron chi connectivity index (χ2n) is 6.77. The quantitative estimate of drug-likeness (QED) is 0.310. The van der Waals surface area contributed by atoms with Crippen LogP contribution in [0.3, 0.4) is 0 Å². The zero-order valence-electron chi connectivity index (χ0n) is 16.4. The van der Waals surface area contributed by atoms with Gasteiger partial charge in [-0.2, -0.15) is 0 Å². The largest absolute Gasteiger partial charge is 0.496 e. The van der Waals surface area contributed by atoms with E-state index in [0.717, 1.165) is 39.0 Å². The number of nitrogens with zero attached hydrogens (tertiary/aromatic N) is 1.